The molecule has 1 spiro atoms. The van der Waals surface area contributed by atoms with E-state index >= 15 is 0 Å². The molecule has 0 aromatic carbocycles. The molecule has 4 rings (SSSR count). The molecule has 7 heteroatoms. The fraction of sp³-hybridized carbons (Fsp3) is 0.727. The van der Waals surface area contributed by atoms with E-state index in [0.29, 0.717) is 5.41 Å². The summed E-state index contributed by atoms with van der Waals surface area (Å²) in [4.78, 5) is 13.9. The zero-order chi connectivity index (χ0) is 19.4. The summed E-state index contributed by atoms with van der Waals surface area (Å²) in [6.45, 7) is 7.79. The highest BCUT2D eigenvalue weighted by molar-refractivity contribution is 14.0. The summed E-state index contributed by atoms with van der Waals surface area (Å²) in [6, 6.07) is 4.30. The van der Waals surface area contributed by atoms with Gasteiger partial charge in [-0.1, -0.05) is 19.3 Å². The smallest absolute Gasteiger partial charge is 0.193 e. The highest BCUT2D eigenvalue weighted by atomic mass is 127. The summed E-state index contributed by atoms with van der Waals surface area (Å²) < 4.78 is 5.65. The van der Waals surface area contributed by atoms with Crippen molar-refractivity contribution in [2.45, 2.75) is 58.1 Å². The molecule has 0 radical (unpaired) electrons. The first-order chi connectivity index (χ1) is 13.7. The third-order valence-electron chi connectivity index (χ3n) is 6.69. The van der Waals surface area contributed by atoms with Gasteiger partial charge in [-0.3, -0.25) is 4.99 Å². The molecule has 6 nitrogen and oxygen atoms in total. The van der Waals surface area contributed by atoms with Gasteiger partial charge in [-0.15, -0.1) is 24.0 Å². The molecule has 1 atom stereocenters. The molecule has 2 saturated heterocycles. The number of nitrogens with one attached hydrogen (secondary N) is 1. The number of aromatic nitrogens is 1. The van der Waals surface area contributed by atoms with E-state index in [1.54, 1.807) is 0 Å². The lowest BCUT2D eigenvalue weighted by atomic mass is 9.73. The van der Waals surface area contributed by atoms with Gasteiger partial charge in [0.05, 0.1) is 12.7 Å². The van der Waals surface area contributed by atoms with Gasteiger partial charge in [-0.25, -0.2) is 4.98 Å². The topological polar surface area (TPSA) is 53.0 Å². The Morgan fingerprint density at radius 3 is 2.86 bits per heavy atom. The van der Waals surface area contributed by atoms with Crippen LogP contribution in [0.15, 0.2) is 23.3 Å². The molecule has 1 unspecified atom stereocenters. The Bertz CT molecular complexity index is 692. The summed E-state index contributed by atoms with van der Waals surface area (Å²) in [5.41, 5.74) is 1.80. The first-order valence-corrected chi connectivity index (χ1v) is 10.9. The molecule has 0 bridgehead atoms. The number of ether oxygens (including phenoxy) is 1. The van der Waals surface area contributed by atoms with Gasteiger partial charge in [-0.05, 0) is 49.3 Å². The number of guanidine groups is 1. The number of morpholine rings is 1. The van der Waals surface area contributed by atoms with E-state index in [4.69, 9.17) is 4.74 Å². The van der Waals surface area contributed by atoms with Gasteiger partial charge < -0.3 is 19.9 Å². The Kier molecular flexibility index (Phi) is 8.01. The highest BCUT2D eigenvalue weighted by Crippen LogP contribution is 2.43. The van der Waals surface area contributed by atoms with Crippen LogP contribution in [0.5, 0.6) is 0 Å². The van der Waals surface area contributed by atoms with E-state index in [1.165, 1.54) is 50.6 Å². The number of hydrogen-bond acceptors (Lipinski definition) is 4. The first-order valence-electron chi connectivity index (χ1n) is 10.9. The van der Waals surface area contributed by atoms with Crippen LogP contribution in [-0.2, 0) is 11.3 Å². The molecule has 162 valence electrons. The molecule has 1 aromatic rings. The van der Waals surface area contributed by atoms with Crippen molar-refractivity contribution in [2.75, 3.05) is 44.7 Å². The lowest BCUT2D eigenvalue weighted by Gasteiger charge is -2.33. The number of nitrogens with zero attached hydrogens (tertiary/aromatic N) is 4. The van der Waals surface area contributed by atoms with Crippen molar-refractivity contribution in [3.05, 3.63) is 23.9 Å². The van der Waals surface area contributed by atoms with Crippen molar-refractivity contribution in [3.8, 4) is 0 Å². The van der Waals surface area contributed by atoms with Crippen LogP contribution < -0.4 is 10.2 Å². The van der Waals surface area contributed by atoms with Crippen LogP contribution in [0.4, 0.5) is 5.82 Å². The molecule has 1 N–H and O–H groups in total. The SMILES string of the molecule is CN=C(NCc1ccnc(N2CCOC(C)C2)c1)N1CCC2(CCCCC2)C1.I. The second-order valence-corrected chi connectivity index (χ2v) is 8.78. The Morgan fingerprint density at radius 2 is 2.10 bits per heavy atom. The van der Waals surface area contributed by atoms with E-state index in [-0.39, 0.29) is 30.1 Å². The predicted octanol–water partition coefficient (Wildman–Crippen LogP) is 3.66. The molecule has 1 aromatic heterocycles. The summed E-state index contributed by atoms with van der Waals surface area (Å²) in [5.74, 6) is 2.09. The average Bonchev–Trinajstić information content (AvgIpc) is 3.12. The molecular weight excluding hydrogens is 477 g/mol. The van der Waals surface area contributed by atoms with Crippen molar-refractivity contribution in [1.82, 2.24) is 15.2 Å². The van der Waals surface area contributed by atoms with Crippen LogP contribution in [0.2, 0.25) is 0 Å². The van der Waals surface area contributed by atoms with Gasteiger partial charge >= 0.3 is 0 Å². The molecule has 29 heavy (non-hydrogen) atoms. The van der Waals surface area contributed by atoms with Gasteiger partial charge in [0.1, 0.15) is 5.82 Å². The molecule has 1 saturated carbocycles. The number of rotatable bonds is 3. The number of likely N-dealkylation sites (tertiary alicyclic amines) is 1. The first kappa shape index (κ1) is 22.6. The maximum absolute atomic E-state index is 5.65. The van der Waals surface area contributed by atoms with Crippen molar-refractivity contribution >= 4 is 35.8 Å². The second-order valence-electron chi connectivity index (χ2n) is 8.78. The number of hydrogen-bond donors (Lipinski definition) is 1. The Morgan fingerprint density at radius 1 is 1.28 bits per heavy atom. The van der Waals surface area contributed by atoms with E-state index < -0.39 is 0 Å². The minimum absolute atomic E-state index is 0. The fourth-order valence-corrected chi connectivity index (χ4v) is 5.11. The average molecular weight is 513 g/mol. The van der Waals surface area contributed by atoms with Crippen molar-refractivity contribution in [1.29, 1.82) is 0 Å². The van der Waals surface area contributed by atoms with Crippen LogP contribution in [-0.4, -0.2) is 61.8 Å². The minimum atomic E-state index is 0. The van der Waals surface area contributed by atoms with E-state index in [9.17, 15) is 0 Å². The third-order valence-corrected chi connectivity index (χ3v) is 6.69. The summed E-state index contributed by atoms with van der Waals surface area (Å²) >= 11 is 0. The van der Waals surface area contributed by atoms with Crippen LogP contribution in [0.3, 0.4) is 0 Å². The van der Waals surface area contributed by atoms with E-state index in [2.05, 4.69) is 44.1 Å². The van der Waals surface area contributed by atoms with Gasteiger partial charge in [0.15, 0.2) is 5.96 Å². The van der Waals surface area contributed by atoms with Crippen molar-refractivity contribution in [3.63, 3.8) is 0 Å². The van der Waals surface area contributed by atoms with Crippen LogP contribution in [0, 0.1) is 5.41 Å². The maximum Gasteiger partial charge on any atom is 0.193 e. The quantitative estimate of drug-likeness (QED) is 0.380. The molecule has 3 aliphatic rings. The third kappa shape index (κ3) is 5.54. The summed E-state index contributed by atoms with van der Waals surface area (Å²) in [6.07, 6.45) is 10.5. The fourth-order valence-electron chi connectivity index (χ4n) is 5.11. The van der Waals surface area contributed by atoms with Crippen LogP contribution >= 0.6 is 24.0 Å². The number of anilines is 1. The zero-order valence-electron chi connectivity index (χ0n) is 17.9. The minimum Gasteiger partial charge on any atom is -0.375 e. The Labute approximate surface area is 192 Å². The predicted molar refractivity (Wildman–Crippen MR) is 129 cm³/mol. The van der Waals surface area contributed by atoms with Gasteiger partial charge in [-0.2, -0.15) is 0 Å². The van der Waals surface area contributed by atoms with Gasteiger partial charge in [0.2, 0.25) is 0 Å². The Balaban J connectivity index is 0.00000240. The van der Waals surface area contributed by atoms with Crippen molar-refractivity contribution in [2.24, 2.45) is 10.4 Å². The van der Waals surface area contributed by atoms with Crippen LogP contribution in [0.25, 0.3) is 0 Å². The molecule has 2 aliphatic heterocycles. The maximum atomic E-state index is 5.65. The monoisotopic (exact) mass is 513 g/mol. The molecule has 3 heterocycles. The normalized spacial score (nSPS) is 24.5. The molecule has 1 aliphatic carbocycles. The highest BCUT2D eigenvalue weighted by Gasteiger charge is 2.39. The lowest BCUT2D eigenvalue weighted by molar-refractivity contribution is 0.0529. The molecule has 3 fully saturated rings. The van der Waals surface area contributed by atoms with Gasteiger partial charge in [0.25, 0.3) is 0 Å². The summed E-state index contributed by atoms with van der Waals surface area (Å²) in [7, 11) is 1.90. The molecular formula is C22H36IN5O. The summed E-state index contributed by atoms with van der Waals surface area (Å²) in [5, 5.41) is 3.59. The second kappa shape index (κ2) is 10.3. The van der Waals surface area contributed by atoms with E-state index in [0.717, 1.165) is 44.6 Å². The van der Waals surface area contributed by atoms with Crippen molar-refractivity contribution < 1.29 is 4.74 Å². The van der Waals surface area contributed by atoms with E-state index in [1.807, 2.05) is 13.2 Å². The van der Waals surface area contributed by atoms with Crippen LogP contribution in [0.1, 0.15) is 51.0 Å². The van der Waals surface area contributed by atoms with Gasteiger partial charge in [0, 0.05) is 46.0 Å². The number of aliphatic imine (C=N–C) groups is 1. The lowest BCUT2D eigenvalue weighted by Crippen LogP contribution is -2.42. The number of pyridine rings is 1. The largest absolute Gasteiger partial charge is 0.375 e. The Hall–Kier alpha value is -1.09. The molecule has 0 amide bonds. The zero-order valence-corrected chi connectivity index (χ0v) is 20.2. The standard InChI is InChI=1S/C22H35N5O.HI/c1-18-16-26(12-13-28-18)20-14-19(6-10-24-20)15-25-21(23-2)27-11-9-22(17-27)7-4-3-5-8-22;/h6,10,14,18H,3-5,7-9,11-13,15-17H2,1-2H3,(H,23,25);1H. The number of halogens is 1.